The number of hydrogen-bond donors (Lipinski definition) is 0. The Morgan fingerprint density at radius 1 is 0.319 bits per heavy atom. The van der Waals surface area contributed by atoms with Crippen molar-refractivity contribution in [1.29, 1.82) is 0 Å². The monoisotopic (exact) mass is 885 g/mol. The van der Waals surface area contributed by atoms with Gasteiger partial charge in [-0.25, -0.2) is 0 Å². The first kappa shape index (κ1) is 40.8. The first-order valence-corrected chi connectivity index (χ1v) is 24.2. The molecular weight excluding hydrogens is 835 g/mol. The number of rotatable bonds is 7. The third-order valence-corrected chi connectivity index (χ3v) is 15.2. The van der Waals surface area contributed by atoms with Crippen molar-refractivity contribution >= 4 is 55.9 Å². The van der Waals surface area contributed by atoms with Gasteiger partial charge >= 0.3 is 0 Å². The van der Waals surface area contributed by atoms with Crippen molar-refractivity contribution in [1.82, 2.24) is 4.57 Å². The standard InChI is InChI=1S/C66H51N3/c1-65(2)57-25-15-14-24-53(57)54-36-34-52(43-59(54)65)67(50-32-28-45(29-33-50)44-18-8-5-9-19-44)51-35-39-62-56(42-51)55-40-46(30-37-61(55)68(62)48-20-10-6-11-21-48)47-31-38-64-60(41-47)66(3,4)58-26-16-17-27-63(58)69(64)49-22-12-7-13-23-49/h5-43H,1-4H3. The summed E-state index contributed by atoms with van der Waals surface area (Å²) in [6.45, 7) is 9.47. The number of fused-ring (bicyclic) bond motifs is 8. The number of para-hydroxylation sites is 3. The van der Waals surface area contributed by atoms with Crippen molar-refractivity contribution in [2.75, 3.05) is 9.80 Å². The first-order valence-electron chi connectivity index (χ1n) is 24.2. The molecule has 1 aliphatic heterocycles. The molecule has 0 atom stereocenters. The van der Waals surface area contributed by atoms with E-state index in [0.717, 1.165) is 28.4 Å². The van der Waals surface area contributed by atoms with Crippen LogP contribution in [0.3, 0.4) is 0 Å². The maximum atomic E-state index is 2.45. The molecule has 0 saturated carbocycles. The highest BCUT2D eigenvalue weighted by atomic mass is 15.2. The van der Waals surface area contributed by atoms with E-state index in [9.17, 15) is 0 Å². The minimum Gasteiger partial charge on any atom is -0.310 e. The van der Waals surface area contributed by atoms with E-state index in [2.05, 4.69) is 279 Å². The van der Waals surface area contributed by atoms with E-state index < -0.39 is 0 Å². The fraction of sp³-hybridized carbons (Fsp3) is 0.0909. The molecule has 1 aromatic heterocycles. The van der Waals surface area contributed by atoms with Crippen LogP contribution in [0.5, 0.6) is 0 Å². The van der Waals surface area contributed by atoms with Crippen LogP contribution in [0.1, 0.15) is 49.9 Å². The highest BCUT2D eigenvalue weighted by Gasteiger charge is 2.38. The maximum absolute atomic E-state index is 2.45. The fourth-order valence-corrected chi connectivity index (χ4v) is 11.6. The Balaban J connectivity index is 0.995. The number of aromatic nitrogens is 1. The average Bonchev–Trinajstić information content (AvgIpc) is 3.84. The van der Waals surface area contributed by atoms with Gasteiger partial charge in [0.05, 0.1) is 22.4 Å². The molecule has 0 radical (unpaired) electrons. The normalized spacial score (nSPS) is 14.0. The molecule has 1 aliphatic carbocycles. The molecule has 330 valence electrons. The van der Waals surface area contributed by atoms with Crippen LogP contribution in [0, 0.1) is 0 Å². The Hall–Kier alpha value is -8.40. The summed E-state index contributed by atoms with van der Waals surface area (Å²) in [7, 11) is 0. The number of hydrogen-bond acceptors (Lipinski definition) is 2. The van der Waals surface area contributed by atoms with E-state index >= 15 is 0 Å². The minimum absolute atomic E-state index is 0.136. The summed E-state index contributed by atoms with van der Waals surface area (Å²) in [4.78, 5) is 4.88. The van der Waals surface area contributed by atoms with Crippen LogP contribution in [0.15, 0.2) is 237 Å². The van der Waals surface area contributed by atoms with Crippen LogP contribution < -0.4 is 9.80 Å². The molecule has 0 fully saturated rings. The van der Waals surface area contributed by atoms with Gasteiger partial charge in [-0.3, -0.25) is 0 Å². The number of anilines is 6. The zero-order valence-corrected chi connectivity index (χ0v) is 39.4. The largest absolute Gasteiger partial charge is 0.310 e. The summed E-state index contributed by atoms with van der Waals surface area (Å²) in [6.07, 6.45) is 0. The van der Waals surface area contributed by atoms with Gasteiger partial charge < -0.3 is 14.4 Å². The minimum atomic E-state index is -0.214. The van der Waals surface area contributed by atoms with Gasteiger partial charge in [0.1, 0.15) is 0 Å². The van der Waals surface area contributed by atoms with Gasteiger partial charge in [0, 0.05) is 50.0 Å². The average molecular weight is 886 g/mol. The van der Waals surface area contributed by atoms with E-state index in [1.54, 1.807) is 0 Å². The Morgan fingerprint density at radius 2 is 0.812 bits per heavy atom. The SMILES string of the molecule is CC1(C)c2ccccc2-c2ccc(N(c3ccc(-c4ccccc4)cc3)c3ccc4c(c3)c3cc(-c5ccc6c(c5)C(C)(C)c5ccccc5N6c5ccccc5)ccc3n4-c3ccccc3)cc21. The Labute approximate surface area is 404 Å². The molecule has 3 nitrogen and oxygen atoms in total. The molecule has 13 rings (SSSR count). The maximum Gasteiger partial charge on any atom is 0.0542 e. The predicted molar refractivity (Wildman–Crippen MR) is 291 cm³/mol. The van der Waals surface area contributed by atoms with Crippen LogP contribution in [0.4, 0.5) is 34.1 Å². The van der Waals surface area contributed by atoms with Crippen molar-refractivity contribution < 1.29 is 0 Å². The second-order valence-corrected chi connectivity index (χ2v) is 19.8. The molecule has 3 heteroatoms. The summed E-state index contributed by atoms with van der Waals surface area (Å²) >= 11 is 0. The molecule has 0 amide bonds. The molecule has 2 heterocycles. The van der Waals surface area contributed by atoms with E-state index in [1.165, 1.54) is 88.8 Å². The van der Waals surface area contributed by atoms with Crippen LogP contribution in [0.25, 0.3) is 60.9 Å². The van der Waals surface area contributed by atoms with Gasteiger partial charge in [-0.15, -0.1) is 0 Å². The lowest BCUT2D eigenvalue weighted by molar-refractivity contribution is 0.632. The van der Waals surface area contributed by atoms with Crippen molar-refractivity contribution in [3.05, 3.63) is 259 Å². The topological polar surface area (TPSA) is 11.4 Å². The molecule has 0 unspecified atom stereocenters. The van der Waals surface area contributed by atoms with Crippen LogP contribution in [-0.4, -0.2) is 4.57 Å². The lowest BCUT2D eigenvalue weighted by Gasteiger charge is -2.42. The highest BCUT2D eigenvalue weighted by molar-refractivity contribution is 6.12. The van der Waals surface area contributed by atoms with Gasteiger partial charge in [-0.1, -0.05) is 167 Å². The summed E-state index contributed by atoms with van der Waals surface area (Å²) in [5.74, 6) is 0. The third-order valence-electron chi connectivity index (χ3n) is 15.2. The van der Waals surface area contributed by atoms with Gasteiger partial charge in [-0.2, -0.15) is 0 Å². The number of nitrogens with zero attached hydrogens (tertiary/aromatic N) is 3. The second kappa shape index (κ2) is 15.6. The van der Waals surface area contributed by atoms with Crippen LogP contribution >= 0.6 is 0 Å². The van der Waals surface area contributed by atoms with E-state index in [0.29, 0.717) is 0 Å². The molecule has 11 aromatic rings. The Bertz CT molecular complexity index is 3770. The summed E-state index contributed by atoms with van der Waals surface area (Å²) in [5, 5.41) is 2.42. The van der Waals surface area contributed by atoms with Gasteiger partial charge in [-0.05, 0) is 153 Å². The molecule has 0 spiro atoms. The zero-order chi connectivity index (χ0) is 46.4. The predicted octanol–water partition coefficient (Wildman–Crippen LogP) is 18.0. The van der Waals surface area contributed by atoms with Crippen LogP contribution in [0.2, 0.25) is 0 Å². The highest BCUT2D eigenvalue weighted by Crippen LogP contribution is 2.54. The van der Waals surface area contributed by atoms with Crippen LogP contribution in [-0.2, 0) is 10.8 Å². The lowest BCUT2D eigenvalue weighted by atomic mass is 9.73. The van der Waals surface area contributed by atoms with E-state index in [4.69, 9.17) is 0 Å². The Morgan fingerprint density at radius 3 is 1.57 bits per heavy atom. The number of benzene rings is 10. The Kier molecular flexibility index (Phi) is 9.22. The van der Waals surface area contributed by atoms with Crippen molar-refractivity contribution in [3.63, 3.8) is 0 Å². The summed E-state index contributed by atoms with van der Waals surface area (Å²) in [5.41, 5.74) is 22.9. The summed E-state index contributed by atoms with van der Waals surface area (Å²) in [6, 6.07) is 87.4. The quantitative estimate of drug-likeness (QED) is 0.158. The van der Waals surface area contributed by atoms with Gasteiger partial charge in [0.25, 0.3) is 0 Å². The van der Waals surface area contributed by atoms with Crippen molar-refractivity contribution in [2.24, 2.45) is 0 Å². The smallest absolute Gasteiger partial charge is 0.0542 e. The van der Waals surface area contributed by atoms with Crippen molar-refractivity contribution in [2.45, 2.75) is 38.5 Å². The van der Waals surface area contributed by atoms with Crippen molar-refractivity contribution in [3.8, 4) is 39.1 Å². The molecular formula is C66H51N3. The van der Waals surface area contributed by atoms with E-state index in [-0.39, 0.29) is 10.8 Å². The lowest BCUT2D eigenvalue weighted by Crippen LogP contribution is -2.30. The molecule has 69 heavy (non-hydrogen) atoms. The molecule has 10 aromatic carbocycles. The molecule has 0 saturated heterocycles. The zero-order valence-electron chi connectivity index (χ0n) is 39.4. The molecule has 2 aliphatic rings. The van der Waals surface area contributed by atoms with Gasteiger partial charge in [0.2, 0.25) is 0 Å². The fourth-order valence-electron chi connectivity index (χ4n) is 11.6. The molecule has 0 bridgehead atoms. The van der Waals surface area contributed by atoms with Gasteiger partial charge in [0.15, 0.2) is 0 Å². The summed E-state index contributed by atoms with van der Waals surface area (Å²) < 4.78 is 2.43. The second-order valence-electron chi connectivity index (χ2n) is 19.8. The first-order chi connectivity index (χ1) is 33.7. The molecule has 0 N–H and O–H groups in total. The third kappa shape index (κ3) is 6.41. The van der Waals surface area contributed by atoms with E-state index in [1.807, 2.05) is 0 Å².